The average molecular weight is 205 g/mol. The van der Waals surface area contributed by atoms with Crippen molar-refractivity contribution in [1.29, 1.82) is 5.26 Å². The number of aromatic nitrogens is 1. The zero-order valence-corrected chi connectivity index (χ0v) is 8.32. The predicted octanol–water partition coefficient (Wildman–Crippen LogP) is 1.15. The van der Waals surface area contributed by atoms with Crippen molar-refractivity contribution < 1.29 is 9.90 Å². The highest BCUT2D eigenvalue weighted by atomic mass is 16.4. The zero-order valence-electron chi connectivity index (χ0n) is 8.32. The second kappa shape index (κ2) is 4.96. The maximum atomic E-state index is 10.3. The molecule has 0 saturated heterocycles. The maximum absolute atomic E-state index is 10.3. The molecule has 1 heterocycles. The van der Waals surface area contributed by atoms with E-state index in [2.05, 4.69) is 10.3 Å². The van der Waals surface area contributed by atoms with Gasteiger partial charge in [-0.1, -0.05) is 0 Å². The lowest BCUT2D eigenvalue weighted by Crippen LogP contribution is -2.09. The quantitative estimate of drug-likeness (QED) is 0.770. The van der Waals surface area contributed by atoms with Crippen LogP contribution in [0.5, 0.6) is 0 Å². The van der Waals surface area contributed by atoms with Gasteiger partial charge < -0.3 is 10.4 Å². The lowest BCUT2D eigenvalue weighted by molar-refractivity contribution is -0.136. The number of nitriles is 1. The van der Waals surface area contributed by atoms with Crippen LogP contribution in [-0.4, -0.2) is 22.6 Å². The van der Waals surface area contributed by atoms with Gasteiger partial charge >= 0.3 is 5.97 Å². The van der Waals surface area contributed by atoms with E-state index in [4.69, 9.17) is 10.4 Å². The van der Waals surface area contributed by atoms with Crippen LogP contribution in [0, 0.1) is 18.3 Å². The molecule has 0 aliphatic rings. The Morgan fingerprint density at radius 2 is 2.40 bits per heavy atom. The minimum absolute atomic E-state index is 0.0424. The Morgan fingerprint density at radius 3 is 2.93 bits per heavy atom. The highest BCUT2D eigenvalue weighted by Crippen LogP contribution is 2.09. The molecular weight excluding hydrogens is 194 g/mol. The summed E-state index contributed by atoms with van der Waals surface area (Å²) in [6, 6.07) is 5.33. The number of hydrogen-bond acceptors (Lipinski definition) is 4. The molecule has 1 aromatic rings. The van der Waals surface area contributed by atoms with E-state index in [1.54, 1.807) is 19.1 Å². The molecule has 0 aromatic carbocycles. The molecule has 0 radical (unpaired) electrons. The fourth-order valence-corrected chi connectivity index (χ4v) is 1.08. The van der Waals surface area contributed by atoms with E-state index < -0.39 is 5.97 Å². The fourth-order valence-electron chi connectivity index (χ4n) is 1.08. The summed E-state index contributed by atoms with van der Waals surface area (Å²) in [5, 5.41) is 20.0. The van der Waals surface area contributed by atoms with Gasteiger partial charge in [0, 0.05) is 6.54 Å². The lowest BCUT2D eigenvalue weighted by atomic mass is 10.2. The molecule has 1 rings (SSSR count). The van der Waals surface area contributed by atoms with E-state index in [1.165, 1.54) is 0 Å². The van der Waals surface area contributed by atoms with Gasteiger partial charge in [0.15, 0.2) is 0 Å². The van der Waals surface area contributed by atoms with Gasteiger partial charge in [0.25, 0.3) is 0 Å². The summed E-state index contributed by atoms with van der Waals surface area (Å²) in [5.41, 5.74) is 1.16. The first-order chi connectivity index (χ1) is 7.13. The van der Waals surface area contributed by atoms with Crippen molar-refractivity contribution in [2.75, 3.05) is 11.9 Å². The zero-order chi connectivity index (χ0) is 11.3. The third kappa shape index (κ3) is 3.27. The predicted molar refractivity (Wildman–Crippen MR) is 54.4 cm³/mol. The Hall–Kier alpha value is -2.09. The number of pyridine rings is 1. The first-order valence-electron chi connectivity index (χ1n) is 4.47. The summed E-state index contributed by atoms with van der Waals surface area (Å²) in [4.78, 5) is 14.4. The number of aryl methyl sites for hydroxylation is 1. The molecule has 2 N–H and O–H groups in total. The molecule has 0 unspecified atom stereocenters. The van der Waals surface area contributed by atoms with Gasteiger partial charge in [0.05, 0.1) is 17.7 Å². The fraction of sp³-hybridized carbons (Fsp3) is 0.300. The van der Waals surface area contributed by atoms with Crippen LogP contribution in [0.2, 0.25) is 0 Å². The van der Waals surface area contributed by atoms with Crippen LogP contribution in [0.1, 0.15) is 17.7 Å². The minimum Gasteiger partial charge on any atom is -0.481 e. The van der Waals surface area contributed by atoms with E-state index in [0.29, 0.717) is 23.6 Å². The standard InChI is InChI=1S/C10H11N3O2/c1-7-8(6-11)2-3-9(13-7)12-5-4-10(14)15/h2-3H,4-5H2,1H3,(H,12,13)(H,14,15). The molecule has 1 aromatic heterocycles. The van der Waals surface area contributed by atoms with Gasteiger partial charge in [-0.15, -0.1) is 0 Å². The molecule has 5 nitrogen and oxygen atoms in total. The number of carbonyl (C=O) groups is 1. The van der Waals surface area contributed by atoms with Crippen molar-refractivity contribution >= 4 is 11.8 Å². The molecule has 0 bridgehead atoms. The van der Waals surface area contributed by atoms with E-state index in [1.807, 2.05) is 6.07 Å². The van der Waals surface area contributed by atoms with E-state index in [9.17, 15) is 4.79 Å². The number of nitrogens with zero attached hydrogens (tertiary/aromatic N) is 2. The Morgan fingerprint density at radius 1 is 1.67 bits per heavy atom. The number of nitrogens with one attached hydrogen (secondary N) is 1. The van der Waals surface area contributed by atoms with Crippen LogP contribution in [0.25, 0.3) is 0 Å². The van der Waals surface area contributed by atoms with Crippen LogP contribution in [0.3, 0.4) is 0 Å². The normalized spacial score (nSPS) is 9.33. The third-order valence-corrected chi connectivity index (χ3v) is 1.85. The Kier molecular flexibility index (Phi) is 3.63. The van der Waals surface area contributed by atoms with Gasteiger partial charge in [-0.2, -0.15) is 5.26 Å². The maximum Gasteiger partial charge on any atom is 0.305 e. The second-order valence-corrected chi connectivity index (χ2v) is 3.01. The molecule has 78 valence electrons. The first kappa shape index (κ1) is 11.0. The largest absolute Gasteiger partial charge is 0.481 e. The van der Waals surface area contributed by atoms with Gasteiger partial charge in [-0.05, 0) is 19.1 Å². The third-order valence-electron chi connectivity index (χ3n) is 1.85. The summed E-state index contributed by atoms with van der Waals surface area (Å²) >= 11 is 0. The Balaban J connectivity index is 2.60. The summed E-state index contributed by atoms with van der Waals surface area (Å²) in [6.45, 7) is 2.06. The SMILES string of the molecule is Cc1nc(NCCC(=O)O)ccc1C#N. The summed E-state index contributed by atoms with van der Waals surface area (Å²) in [7, 11) is 0. The van der Waals surface area contributed by atoms with Crippen molar-refractivity contribution in [3.8, 4) is 6.07 Å². The van der Waals surface area contributed by atoms with Crippen molar-refractivity contribution in [3.05, 3.63) is 23.4 Å². The Labute approximate surface area is 87.4 Å². The highest BCUT2D eigenvalue weighted by molar-refractivity contribution is 5.67. The molecule has 0 aliphatic heterocycles. The summed E-state index contributed by atoms with van der Waals surface area (Å²) < 4.78 is 0. The van der Waals surface area contributed by atoms with Crippen molar-refractivity contribution in [3.63, 3.8) is 0 Å². The first-order valence-corrected chi connectivity index (χ1v) is 4.47. The molecule has 15 heavy (non-hydrogen) atoms. The average Bonchev–Trinajstić information content (AvgIpc) is 2.17. The molecule has 0 aliphatic carbocycles. The Bertz CT molecular complexity index is 410. The van der Waals surface area contributed by atoms with Gasteiger partial charge in [0.1, 0.15) is 11.9 Å². The van der Waals surface area contributed by atoms with Crippen LogP contribution in [0.15, 0.2) is 12.1 Å². The van der Waals surface area contributed by atoms with E-state index in [-0.39, 0.29) is 6.42 Å². The van der Waals surface area contributed by atoms with E-state index >= 15 is 0 Å². The topological polar surface area (TPSA) is 86.0 Å². The number of carboxylic acid groups (broad SMARTS) is 1. The lowest BCUT2D eigenvalue weighted by Gasteiger charge is -2.04. The van der Waals surface area contributed by atoms with Gasteiger partial charge in [-0.3, -0.25) is 4.79 Å². The van der Waals surface area contributed by atoms with Crippen LogP contribution in [-0.2, 0) is 4.79 Å². The second-order valence-electron chi connectivity index (χ2n) is 3.01. The van der Waals surface area contributed by atoms with Crippen molar-refractivity contribution in [2.24, 2.45) is 0 Å². The number of anilines is 1. The van der Waals surface area contributed by atoms with Crippen LogP contribution < -0.4 is 5.32 Å². The summed E-state index contributed by atoms with van der Waals surface area (Å²) in [5.74, 6) is -0.263. The number of hydrogen-bond donors (Lipinski definition) is 2. The smallest absolute Gasteiger partial charge is 0.305 e. The van der Waals surface area contributed by atoms with Crippen LogP contribution >= 0.6 is 0 Å². The monoisotopic (exact) mass is 205 g/mol. The van der Waals surface area contributed by atoms with Gasteiger partial charge in [0.2, 0.25) is 0 Å². The number of rotatable bonds is 4. The molecule has 0 saturated carbocycles. The highest BCUT2D eigenvalue weighted by Gasteiger charge is 2.01. The van der Waals surface area contributed by atoms with Crippen LogP contribution in [0.4, 0.5) is 5.82 Å². The van der Waals surface area contributed by atoms with Crippen molar-refractivity contribution in [2.45, 2.75) is 13.3 Å². The number of carboxylic acids is 1. The minimum atomic E-state index is -0.854. The number of aliphatic carboxylic acids is 1. The molecule has 0 spiro atoms. The summed E-state index contributed by atoms with van der Waals surface area (Å²) in [6.07, 6.45) is 0.0424. The molecule has 0 amide bonds. The molecule has 0 fully saturated rings. The molecule has 5 heteroatoms. The molecule has 0 atom stereocenters. The molecular formula is C10H11N3O2. The van der Waals surface area contributed by atoms with E-state index in [0.717, 1.165) is 0 Å². The van der Waals surface area contributed by atoms with Crippen molar-refractivity contribution in [1.82, 2.24) is 4.98 Å². The van der Waals surface area contributed by atoms with Gasteiger partial charge in [-0.25, -0.2) is 4.98 Å².